The molecule has 1 aromatic heterocycles. The molecule has 0 spiro atoms. The van der Waals surface area contributed by atoms with Gasteiger partial charge in [0, 0.05) is 13.2 Å². The van der Waals surface area contributed by atoms with Crippen molar-refractivity contribution in [3.63, 3.8) is 0 Å². The summed E-state index contributed by atoms with van der Waals surface area (Å²) in [6.45, 7) is 1.41. The molecule has 2 rings (SSSR count). The lowest BCUT2D eigenvalue weighted by Crippen LogP contribution is -2.22. The van der Waals surface area contributed by atoms with Gasteiger partial charge in [0.1, 0.15) is 12.4 Å². The molecule has 1 atom stereocenters. The fraction of sp³-hybridized carbons (Fsp3) is 0.636. The third kappa shape index (κ3) is 2.31. The largest absolute Gasteiger partial charge is 0.377 e. The minimum Gasteiger partial charge on any atom is -0.377 e. The Balaban J connectivity index is 2.29. The number of aromatic amines is 1. The van der Waals surface area contributed by atoms with Gasteiger partial charge < -0.3 is 9.72 Å². The number of nitrogens with zero attached hydrogens (tertiary/aromatic N) is 2. The lowest BCUT2D eigenvalue weighted by molar-refractivity contribution is 0.176. The molecule has 0 amide bonds. The van der Waals surface area contributed by atoms with E-state index in [0.29, 0.717) is 12.4 Å². The van der Waals surface area contributed by atoms with Crippen molar-refractivity contribution in [2.75, 3.05) is 20.7 Å². The summed E-state index contributed by atoms with van der Waals surface area (Å²) < 4.78 is 4.98. The molecule has 0 unspecified atom stereocenters. The second kappa shape index (κ2) is 4.76. The van der Waals surface area contributed by atoms with Gasteiger partial charge in [-0.05, 0) is 26.4 Å². The first-order valence-corrected chi connectivity index (χ1v) is 5.50. The van der Waals surface area contributed by atoms with E-state index in [1.165, 1.54) is 0 Å². The van der Waals surface area contributed by atoms with Crippen molar-refractivity contribution in [3.8, 4) is 0 Å². The predicted octanol–water partition coefficient (Wildman–Crippen LogP) is 0.683. The van der Waals surface area contributed by atoms with Crippen molar-refractivity contribution in [3.05, 3.63) is 27.9 Å². The van der Waals surface area contributed by atoms with Crippen LogP contribution in [0.25, 0.3) is 0 Å². The van der Waals surface area contributed by atoms with Crippen LogP contribution in [0.15, 0.2) is 10.9 Å². The molecule has 5 heteroatoms. The van der Waals surface area contributed by atoms with Gasteiger partial charge in [-0.1, -0.05) is 0 Å². The molecule has 0 bridgehead atoms. The highest BCUT2D eigenvalue weighted by atomic mass is 16.5. The fourth-order valence-electron chi connectivity index (χ4n) is 2.19. The quantitative estimate of drug-likeness (QED) is 0.818. The highest BCUT2D eigenvalue weighted by Gasteiger charge is 2.24. The zero-order chi connectivity index (χ0) is 11.5. The van der Waals surface area contributed by atoms with Crippen LogP contribution >= 0.6 is 0 Å². The number of aromatic nitrogens is 2. The molecule has 88 valence electrons. The number of hydrogen-bond donors (Lipinski definition) is 1. The van der Waals surface area contributed by atoms with Gasteiger partial charge in [0.25, 0.3) is 5.56 Å². The van der Waals surface area contributed by atoms with E-state index in [4.69, 9.17) is 4.74 Å². The van der Waals surface area contributed by atoms with E-state index in [1.54, 1.807) is 13.2 Å². The summed E-state index contributed by atoms with van der Waals surface area (Å²) in [6.07, 6.45) is 2.23. The van der Waals surface area contributed by atoms with Gasteiger partial charge in [-0.25, -0.2) is 4.98 Å². The monoisotopic (exact) mass is 223 g/mol. The molecule has 0 aliphatic carbocycles. The lowest BCUT2D eigenvalue weighted by Gasteiger charge is -2.18. The average Bonchev–Trinajstić information content (AvgIpc) is 2.64. The Bertz CT molecular complexity index is 416. The molecule has 1 fully saturated rings. The van der Waals surface area contributed by atoms with Gasteiger partial charge in [0.05, 0.1) is 11.7 Å². The van der Waals surface area contributed by atoms with E-state index < -0.39 is 0 Å². The molecule has 0 radical (unpaired) electrons. The molecular weight excluding hydrogens is 206 g/mol. The van der Waals surface area contributed by atoms with E-state index in [9.17, 15) is 4.79 Å². The summed E-state index contributed by atoms with van der Waals surface area (Å²) in [4.78, 5) is 20.8. The van der Waals surface area contributed by atoms with Crippen LogP contribution in [0.3, 0.4) is 0 Å². The molecular formula is C11H17N3O2. The van der Waals surface area contributed by atoms with Gasteiger partial charge in [-0.3, -0.25) is 9.69 Å². The fourth-order valence-corrected chi connectivity index (χ4v) is 2.19. The Morgan fingerprint density at radius 3 is 3.12 bits per heavy atom. The van der Waals surface area contributed by atoms with Crippen LogP contribution in [0.2, 0.25) is 0 Å². The Hall–Kier alpha value is -1.20. The molecule has 1 N–H and O–H groups in total. The second-order valence-corrected chi connectivity index (χ2v) is 4.19. The summed E-state index contributed by atoms with van der Waals surface area (Å²) in [7, 11) is 3.66. The first-order valence-electron chi connectivity index (χ1n) is 5.50. The van der Waals surface area contributed by atoms with Crippen LogP contribution < -0.4 is 5.56 Å². The molecule has 0 aromatic carbocycles. The maximum absolute atomic E-state index is 11.5. The van der Waals surface area contributed by atoms with Crippen molar-refractivity contribution in [2.24, 2.45) is 0 Å². The van der Waals surface area contributed by atoms with E-state index in [-0.39, 0.29) is 11.6 Å². The number of likely N-dealkylation sites (tertiary alicyclic amines) is 1. The SMILES string of the molecule is COCc1nc([C@H]2CCCN2C)cc(=O)[nH]1. The number of H-pyrrole nitrogens is 1. The second-order valence-electron chi connectivity index (χ2n) is 4.19. The van der Waals surface area contributed by atoms with Crippen LogP contribution in [-0.4, -0.2) is 35.6 Å². The minimum atomic E-state index is -0.0997. The lowest BCUT2D eigenvalue weighted by atomic mass is 10.1. The average molecular weight is 223 g/mol. The number of ether oxygens (including phenoxy) is 1. The van der Waals surface area contributed by atoms with Crippen molar-refractivity contribution < 1.29 is 4.74 Å². The zero-order valence-corrected chi connectivity index (χ0v) is 9.69. The van der Waals surface area contributed by atoms with Crippen LogP contribution in [0, 0.1) is 0 Å². The van der Waals surface area contributed by atoms with Crippen LogP contribution in [-0.2, 0) is 11.3 Å². The van der Waals surface area contributed by atoms with Gasteiger partial charge >= 0.3 is 0 Å². The van der Waals surface area contributed by atoms with E-state index in [1.807, 2.05) is 0 Å². The number of hydrogen-bond acceptors (Lipinski definition) is 4. The van der Waals surface area contributed by atoms with Gasteiger partial charge in [0.15, 0.2) is 0 Å². The smallest absolute Gasteiger partial charge is 0.251 e. The van der Waals surface area contributed by atoms with E-state index in [0.717, 1.165) is 25.1 Å². The molecule has 1 aromatic rings. The normalized spacial score (nSPS) is 21.5. The topological polar surface area (TPSA) is 58.2 Å². The molecule has 1 saturated heterocycles. The third-order valence-electron chi connectivity index (χ3n) is 2.95. The Kier molecular flexibility index (Phi) is 3.36. The molecule has 1 aliphatic rings. The Labute approximate surface area is 94.5 Å². The summed E-state index contributed by atoms with van der Waals surface area (Å²) in [5, 5.41) is 0. The van der Waals surface area contributed by atoms with Crippen molar-refractivity contribution in [2.45, 2.75) is 25.5 Å². The molecule has 1 aliphatic heterocycles. The van der Waals surface area contributed by atoms with Crippen LogP contribution in [0.4, 0.5) is 0 Å². The zero-order valence-electron chi connectivity index (χ0n) is 9.69. The standard InChI is InChI=1S/C11H17N3O2/c1-14-5-3-4-9(14)8-6-11(15)13-10(12-8)7-16-2/h6,9H,3-5,7H2,1-2H3,(H,12,13,15)/t9-/m1/s1. The van der Waals surface area contributed by atoms with Crippen LogP contribution in [0.5, 0.6) is 0 Å². The first-order chi connectivity index (χ1) is 7.70. The predicted molar refractivity (Wildman–Crippen MR) is 60.2 cm³/mol. The number of methoxy groups -OCH3 is 1. The van der Waals surface area contributed by atoms with Crippen molar-refractivity contribution >= 4 is 0 Å². The molecule has 16 heavy (non-hydrogen) atoms. The highest BCUT2D eigenvalue weighted by Crippen LogP contribution is 2.28. The van der Waals surface area contributed by atoms with E-state index >= 15 is 0 Å². The van der Waals surface area contributed by atoms with E-state index in [2.05, 4.69) is 21.9 Å². The summed E-state index contributed by atoms with van der Waals surface area (Å²) >= 11 is 0. The highest BCUT2D eigenvalue weighted by molar-refractivity contribution is 5.09. The first kappa shape index (κ1) is 11.3. The summed E-state index contributed by atoms with van der Waals surface area (Å²) in [5.41, 5.74) is 0.758. The summed E-state index contributed by atoms with van der Waals surface area (Å²) in [5.74, 6) is 0.602. The van der Waals surface area contributed by atoms with Crippen LogP contribution in [0.1, 0.15) is 30.4 Å². The molecule has 0 saturated carbocycles. The Morgan fingerprint density at radius 2 is 2.50 bits per heavy atom. The number of rotatable bonds is 3. The maximum atomic E-state index is 11.5. The molecule has 2 heterocycles. The molecule has 5 nitrogen and oxygen atoms in total. The summed E-state index contributed by atoms with van der Waals surface area (Å²) in [6, 6.07) is 1.86. The Morgan fingerprint density at radius 1 is 1.69 bits per heavy atom. The van der Waals surface area contributed by atoms with Gasteiger partial charge in [-0.2, -0.15) is 0 Å². The maximum Gasteiger partial charge on any atom is 0.251 e. The minimum absolute atomic E-state index is 0.0997. The number of nitrogens with one attached hydrogen (secondary N) is 1. The van der Waals surface area contributed by atoms with Gasteiger partial charge in [0.2, 0.25) is 0 Å². The van der Waals surface area contributed by atoms with Crippen molar-refractivity contribution in [1.29, 1.82) is 0 Å². The third-order valence-corrected chi connectivity index (χ3v) is 2.95. The van der Waals surface area contributed by atoms with Crippen molar-refractivity contribution in [1.82, 2.24) is 14.9 Å². The van der Waals surface area contributed by atoms with Gasteiger partial charge in [-0.15, -0.1) is 0 Å².